The van der Waals surface area contributed by atoms with Crippen LogP contribution in [0.2, 0.25) is 0 Å². The summed E-state index contributed by atoms with van der Waals surface area (Å²) in [4.78, 5) is 106. The molecule has 9 aliphatic rings. The number of rotatable bonds is 25. The van der Waals surface area contributed by atoms with Crippen LogP contribution in [0.3, 0.4) is 0 Å². The molecule has 6 saturated heterocycles. The van der Waals surface area contributed by atoms with Crippen LogP contribution >= 0.6 is 0 Å². The highest BCUT2D eigenvalue weighted by atomic mass is 16.5. The number of fused-ring (bicyclic) bond motifs is 6. The van der Waals surface area contributed by atoms with Crippen LogP contribution in [-0.2, 0) is 53.3 Å². The van der Waals surface area contributed by atoms with Gasteiger partial charge in [0.1, 0.15) is 55.4 Å². The zero-order chi connectivity index (χ0) is 89.4. The van der Waals surface area contributed by atoms with Gasteiger partial charge < -0.3 is 83.1 Å². The van der Waals surface area contributed by atoms with Gasteiger partial charge in [0, 0.05) is 165 Å². The normalized spacial score (nSPS) is 21.2. The molecular weight excluding hydrogens is 1620 g/mol. The number of likely N-dealkylation sites (tertiary alicyclic amines) is 2. The van der Waals surface area contributed by atoms with Gasteiger partial charge in [-0.1, -0.05) is 142 Å². The van der Waals surface area contributed by atoms with Crippen molar-refractivity contribution in [1.29, 1.82) is 0 Å². The second-order valence-corrected chi connectivity index (χ2v) is 35.4. The molecule has 0 saturated carbocycles. The van der Waals surface area contributed by atoms with E-state index in [0.717, 1.165) is 142 Å². The highest BCUT2D eigenvalue weighted by Crippen LogP contribution is 2.40. The lowest BCUT2D eigenvalue weighted by atomic mass is 10.0. The minimum absolute atomic E-state index is 0.0355. The Morgan fingerprint density at radius 3 is 1.16 bits per heavy atom. The first-order valence-corrected chi connectivity index (χ1v) is 46.3. The molecule has 28 heteroatoms. The number of hydrogen-bond acceptors (Lipinski definition) is 22. The molecule has 0 bridgehead atoms. The third kappa shape index (κ3) is 20.8. The van der Waals surface area contributed by atoms with E-state index in [0.29, 0.717) is 141 Å². The van der Waals surface area contributed by atoms with Crippen molar-refractivity contribution in [3.05, 3.63) is 233 Å². The van der Waals surface area contributed by atoms with E-state index in [9.17, 15) is 14.4 Å². The number of ether oxygens (including phenoxy) is 3. The van der Waals surface area contributed by atoms with Crippen LogP contribution in [0.1, 0.15) is 93.1 Å². The standard InChI is InChI=1S/C36H46N8O2.C33H39N7O2.C32H37N7O2/c1-5-41-19-9-13-28(41)26-46-36-38-32-25-42(33-15-8-12-27-11-6-7-14-30(27)33)20-17-31(32)35(39-36)43-21-22-44(29(24-43)23-37-2)34(45)16-10-18-40(3)4;1-4-31(41)40-19-18-39(21-26(40)20-34-3)32-28-15-17-38(30-14-8-11-24-10-6-7-13-27(24)30)22-29(28)35-33(36-32)42-23-25-12-9-16-37(25)5-2;1-4-30(40)39-17-16-38(19-25(39)18-33-3)31-27-14-15-37(29-11-7-9-23-8-5-6-10-26(23)29)20-28(27)35-32(36-31)41-21-24-13-12-22(2)34-24/h6-8,10-12,14-16,28-29H,5,9,13,17-26H2,1,3-4H3;4,6-8,10-11,13-14,25-26H,1,5,9,12,15-23H2,2H3;4-11,22,24-25,34H,1,12-21H2,2H3/b16-10+;;/t28-,29-;25-,26-;22?,24-,25?/m001/s1. The number of likely N-dealkylation sites (N-methyl/N-ethyl adjacent to an activating group) is 3. The molecule has 0 radical (unpaired) electrons. The lowest BCUT2D eigenvalue weighted by Gasteiger charge is -2.41. The Labute approximate surface area is 759 Å². The van der Waals surface area contributed by atoms with E-state index in [-0.39, 0.29) is 61.5 Å². The van der Waals surface area contributed by atoms with Crippen LogP contribution in [0.15, 0.2) is 165 Å². The van der Waals surface area contributed by atoms with E-state index in [4.69, 9.17) is 63.8 Å². The zero-order valence-electron chi connectivity index (χ0n) is 75.5. The maximum absolute atomic E-state index is 13.2. The van der Waals surface area contributed by atoms with Gasteiger partial charge in [-0.2, -0.15) is 29.9 Å². The van der Waals surface area contributed by atoms with Crippen molar-refractivity contribution in [2.45, 2.75) is 140 Å². The second kappa shape index (κ2) is 42.2. The molecule has 9 aliphatic heterocycles. The van der Waals surface area contributed by atoms with Crippen molar-refractivity contribution in [2.75, 3.05) is 194 Å². The predicted octanol–water partition coefficient (Wildman–Crippen LogP) is 12.1. The fraction of sp³-hybridized carbons (Fsp3) is 0.465. The molecule has 129 heavy (non-hydrogen) atoms. The number of piperazine rings is 3. The largest absolute Gasteiger partial charge is 0.462 e. The molecule has 0 aliphatic carbocycles. The number of benzene rings is 6. The number of nitrogens with one attached hydrogen (secondary N) is 1. The van der Waals surface area contributed by atoms with Crippen LogP contribution in [0.5, 0.6) is 18.0 Å². The maximum atomic E-state index is 13.2. The predicted molar refractivity (Wildman–Crippen MR) is 510 cm³/mol. The van der Waals surface area contributed by atoms with E-state index in [1.165, 1.54) is 74.4 Å². The number of anilines is 6. The number of aromatic nitrogens is 6. The Kier molecular flexibility index (Phi) is 29.4. The van der Waals surface area contributed by atoms with Gasteiger partial charge in [0.2, 0.25) is 37.4 Å². The molecule has 1 N–H and O–H groups in total. The fourth-order valence-corrected chi connectivity index (χ4v) is 20.4. The van der Waals surface area contributed by atoms with Gasteiger partial charge in [-0.25, -0.2) is 19.7 Å². The quantitative estimate of drug-likeness (QED) is 0.0415. The second-order valence-electron chi connectivity index (χ2n) is 35.4. The highest BCUT2D eigenvalue weighted by molar-refractivity contribution is 5.97. The van der Waals surface area contributed by atoms with Crippen LogP contribution in [-0.4, -0.2) is 284 Å². The summed E-state index contributed by atoms with van der Waals surface area (Å²) in [5, 5.41) is 11.0. The minimum atomic E-state index is -0.221. The Hall–Kier alpha value is -12.5. The summed E-state index contributed by atoms with van der Waals surface area (Å²) in [5.74, 6) is 2.35. The lowest BCUT2D eigenvalue weighted by Crippen LogP contribution is -2.56. The van der Waals surface area contributed by atoms with Gasteiger partial charge in [-0.15, -0.1) is 0 Å². The molecule has 28 nitrogen and oxygen atoms in total. The van der Waals surface area contributed by atoms with Crippen molar-refractivity contribution in [2.24, 2.45) is 0 Å². The summed E-state index contributed by atoms with van der Waals surface area (Å²) in [5.41, 5.74) is 9.99. The number of carbonyl (C=O) groups excluding carboxylic acids is 3. The Balaban J connectivity index is 0.000000142. The minimum Gasteiger partial charge on any atom is -0.462 e. The van der Waals surface area contributed by atoms with Crippen LogP contribution in [0, 0.1) is 19.7 Å². The van der Waals surface area contributed by atoms with Gasteiger partial charge in [0.15, 0.2) is 0 Å². The van der Waals surface area contributed by atoms with E-state index in [1.54, 1.807) is 15.9 Å². The molecule has 6 aromatic carbocycles. The first-order chi connectivity index (χ1) is 63.1. The van der Waals surface area contributed by atoms with Crippen molar-refractivity contribution in [3.8, 4) is 18.0 Å². The molecule has 12 heterocycles. The van der Waals surface area contributed by atoms with E-state index >= 15 is 0 Å². The van der Waals surface area contributed by atoms with Gasteiger partial charge in [-0.3, -0.25) is 24.2 Å². The van der Waals surface area contributed by atoms with Gasteiger partial charge in [-0.05, 0) is 151 Å². The van der Waals surface area contributed by atoms with Crippen molar-refractivity contribution < 1.29 is 28.6 Å². The summed E-state index contributed by atoms with van der Waals surface area (Å²) in [6, 6.07) is 47.0. The first kappa shape index (κ1) is 89.9. The molecule has 2 unspecified atom stereocenters. The molecule has 3 aromatic heterocycles. The Morgan fingerprint density at radius 2 is 0.806 bits per heavy atom. The van der Waals surface area contributed by atoms with E-state index in [1.807, 2.05) is 30.0 Å². The molecule has 3 amide bonds. The third-order valence-corrected chi connectivity index (χ3v) is 27.1. The summed E-state index contributed by atoms with van der Waals surface area (Å²) >= 11 is 0. The van der Waals surface area contributed by atoms with Crippen LogP contribution in [0.4, 0.5) is 34.5 Å². The van der Waals surface area contributed by atoms with Crippen molar-refractivity contribution in [3.63, 3.8) is 0 Å². The lowest BCUT2D eigenvalue weighted by molar-refractivity contribution is -0.129. The Morgan fingerprint density at radius 1 is 0.442 bits per heavy atom. The SMILES string of the molecule is [C-]#[N+]CC1CN(c2nc(OC[C@H]3CCC(C)N3)nc3c2CCN(c2cccc4ccccc24)C3)CCN1C(=O)C=C.[C-]#[N+]C[C@H]1CN(c2nc(OC[C@@H]3CCCN3CC)nc3c2CCN(c2cccc4ccccc24)C3)CCN1C(=O)/C=C/CN(C)C.[C-]#[N+]C[C@H]1CN(c2nc(OC[C@@H]3CCCN3CC)nc3c2CCN(c2cccc4ccccc24)C3)CCN1C(=O)C=C. The maximum Gasteiger partial charge on any atom is 0.318 e. The molecular formula is C101H122N22O6. The molecule has 6 fully saturated rings. The Bertz CT molecular complexity index is 5660. The van der Waals surface area contributed by atoms with Gasteiger partial charge in [0.05, 0.1) is 36.7 Å². The molecule has 672 valence electrons. The van der Waals surface area contributed by atoms with Gasteiger partial charge in [0.25, 0.3) is 0 Å². The van der Waals surface area contributed by atoms with E-state index < -0.39 is 0 Å². The average Bonchev–Trinajstić information content (AvgIpc) is 1.77. The topological polar surface area (TPSA) is 220 Å². The molecule has 18 rings (SSSR count). The number of amides is 3. The molecule has 9 aromatic rings. The molecule has 7 atom stereocenters. The molecule has 0 spiro atoms. The van der Waals surface area contributed by atoms with Crippen LogP contribution in [0.25, 0.3) is 46.9 Å². The average molecular weight is 1740 g/mol. The third-order valence-electron chi connectivity index (χ3n) is 27.1. The summed E-state index contributed by atoms with van der Waals surface area (Å²) in [6.45, 7) is 53.6. The monoisotopic (exact) mass is 1740 g/mol. The zero-order valence-corrected chi connectivity index (χ0v) is 75.5. The smallest absolute Gasteiger partial charge is 0.318 e. The summed E-state index contributed by atoms with van der Waals surface area (Å²) < 4.78 is 19.0. The highest BCUT2D eigenvalue weighted by Gasteiger charge is 2.41. The van der Waals surface area contributed by atoms with E-state index in [2.05, 4.69) is 220 Å². The number of nitrogens with zero attached hydrogens (tertiary/aromatic N) is 21. The van der Waals surface area contributed by atoms with Crippen LogP contribution < -0.4 is 48.9 Å². The van der Waals surface area contributed by atoms with Gasteiger partial charge >= 0.3 is 18.0 Å². The number of hydrogen-bond donors (Lipinski definition) is 1. The summed E-state index contributed by atoms with van der Waals surface area (Å²) in [7, 11) is 3.95. The van der Waals surface area contributed by atoms with Crippen molar-refractivity contribution >= 4 is 84.6 Å². The fourth-order valence-electron chi connectivity index (χ4n) is 20.4. The summed E-state index contributed by atoms with van der Waals surface area (Å²) in [6.07, 6.45) is 15.5. The first-order valence-electron chi connectivity index (χ1n) is 46.3. The van der Waals surface area contributed by atoms with Crippen molar-refractivity contribution in [1.82, 2.24) is 64.6 Å². The number of carbonyl (C=O) groups is 3.